The molecule has 0 saturated carbocycles. The van der Waals surface area contributed by atoms with Gasteiger partial charge in [0.15, 0.2) is 0 Å². The average molecular weight is 202 g/mol. The molecule has 0 aromatic carbocycles. The summed E-state index contributed by atoms with van der Waals surface area (Å²) in [5.74, 6) is -1.10. The normalized spacial score (nSPS) is 11.9. The molecule has 1 radical (unpaired) electrons. The summed E-state index contributed by atoms with van der Waals surface area (Å²) in [4.78, 5) is 21.5. The van der Waals surface area contributed by atoms with Gasteiger partial charge in [0.05, 0.1) is 6.61 Å². The van der Waals surface area contributed by atoms with Crippen molar-refractivity contribution in [1.29, 1.82) is 0 Å². The summed E-state index contributed by atoms with van der Waals surface area (Å²) >= 11 is 0. The number of rotatable bonds is 6. The number of carboxylic acid groups (broad SMARTS) is 1. The molecule has 81 valence electrons. The number of alkyl carbamates (subject to hydrolysis) is 1. The summed E-state index contributed by atoms with van der Waals surface area (Å²) in [6, 6.07) is -0.968. The standard InChI is InChI=1S/C9H16NO4/c1-3-5-6-14-9(13)10-7(4-2)8(11)12/h7H,2-6H2,1H3,(H,10,13)(H,11,12). The molecule has 2 N–H and O–H groups in total. The summed E-state index contributed by atoms with van der Waals surface area (Å²) < 4.78 is 4.72. The van der Waals surface area contributed by atoms with Crippen LogP contribution in [0, 0.1) is 6.92 Å². The number of carbonyl (C=O) groups excluding carboxylic acids is 1. The molecule has 0 aliphatic heterocycles. The number of unbranched alkanes of at least 4 members (excludes halogenated alkanes) is 1. The summed E-state index contributed by atoms with van der Waals surface area (Å²) in [6.45, 7) is 5.69. The van der Waals surface area contributed by atoms with E-state index in [0.29, 0.717) is 6.61 Å². The quantitative estimate of drug-likeness (QED) is 0.634. The maximum absolute atomic E-state index is 11.0. The zero-order chi connectivity index (χ0) is 11.0. The third-order valence-electron chi connectivity index (χ3n) is 1.61. The predicted octanol–water partition coefficient (Wildman–Crippen LogP) is 1.19. The van der Waals surface area contributed by atoms with Crippen molar-refractivity contribution < 1.29 is 19.4 Å². The lowest BCUT2D eigenvalue weighted by atomic mass is 10.2. The van der Waals surface area contributed by atoms with Gasteiger partial charge in [0.2, 0.25) is 0 Å². The van der Waals surface area contributed by atoms with Crippen molar-refractivity contribution in [1.82, 2.24) is 5.32 Å². The molecule has 14 heavy (non-hydrogen) atoms. The minimum Gasteiger partial charge on any atom is -0.480 e. The fourth-order valence-electron chi connectivity index (χ4n) is 0.751. The van der Waals surface area contributed by atoms with Crippen LogP contribution < -0.4 is 5.32 Å². The van der Waals surface area contributed by atoms with Gasteiger partial charge in [0.25, 0.3) is 0 Å². The average Bonchev–Trinajstić information content (AvgIpc) is 2.14. The van der Waals surface area contributed by atoms with Gasteiger partial charge in [-0.2, -0.15) is 0 Å². The van der Waals surface area contributed by atoms with E-state index in [1.165, 1.54) is 0 Å². The predicted molar refractivity (Wildman–Crippen MR) is 50.8 cm³/mol. The number of carboxylic acids is 1. The Bertz CT molecular complexity index is 193. The smallest absolute Gasteiger partial charge is 0.407 e. The van der Waals surface area contributed by atoms with Crippen molar-refractivity contribution in [3.63, 3.8) is 0 Å². The Morgan fingerprint density at radius 3 is 2.64 bits per heavy atom. The van der Waals surface area contributed by atoms with E-state index in [9.17, 15) is 9.59 Å². The molecule has 0 bridgehead atoms. The molecule has 0 rings (SSSR count). The van der Waals surface area contributed by atoms with E-state index in [4.69, 9.17) is 9.84 Å². The second-order valence-electron chi connectivity index (χ2n) is 2.81. The van der Waals surface area contributed by atoms with Gasteiger partial charge >= 0.3 is 12.1 Å². The Labute approximate surface area is 83.4 Å². The zero-order valence-electron chi connectivity index (χ0n) is 8.28. The first-order valence-corrected chi connectivity index (χ1v) is 4.57. The van der Waals surface area contributed by atoms with Crippen molar-refractivity contribution >= 4 is 12.1 Å². The monoisotopic (exact) mass is 202 g/mol. The molecule has 0 saturated heterocycles. The van der Waals surface area contributed by atoms with Crippen LogP contribution in [0.15, 0.2) is 0 Å². The van der Waals surface area contributed by atoms with E-state index >= 15 is 0 Å². The van der Waals surface area contributed by atoms with E-state index in [0.717, 1.165) is 12.8 Å². The highest BCUT2D eigenvalue weighted by Crippen LogP contribution is 1.93. The number of ether oxygens (including phenoxy) is 1. The zero-order valence-corrected chi connectivity index (χ0v) is 8.28. The second kappa shape index (κ2) is 7.17. The molecule has 0 aromatic heterocycles. The Morgan fingerprint density at radius 2 is 2.21 bits per heavy atom. The fourth-order valence-corrected chi connectivity index (χ4v) is 0.751. The van der Waals surface area contributed by atoms with Crippen LogP contribution in [0.3, 0.4) is 0 Å². The number of hydrogen-bond acceptors (Lipinski definition) is 3. The molecular weight excluding hydrogens is 186 g/mol. The van der Waals surface area contributed by atoms with Crippen LogP contribution in [-0.2, 0) is 9.53 Å². The summed E-state index contributed by atoms with van der Waals surface area (Å²) in [6.07, 6.45) is 1.09. The van der Waals surface area contributed by atoms with E-state index in [1.54, 1.807) is 0 Å². The molecule has 1 amide bonds. The van der Waals surface area contributed by atoms with E-state index in [-0.39, 0.29) is 6.42 Å². The van der Waals surface area contributed by atoms with Crippen LogP contribution in [0.5, 0.6) is 0 Å². The van der Waals surface area contributed by atoms with E-state index in [1.807, 2.05) is 6.92 Å². The molecule has 1 unspecified atom stereocenters. The van der Waals surface area contributed by atoms with Crippen LogP contribution in [0.1, 0.15) is 26.2 Å². The molecular formula is C9H16NO4. The van der Waals surface area contributed by atoms with Crippen molar-refractivity contribution in [2.45, 2.75) is 32.2 Å². The minimum atomic E-state index is -1.10. The SMILES string of the molecule is [CH2]CC(NC(=O)OCCCC)C(=O)O. The van der Waals surface area contributed by atoms with E-state index in [2.05, 4.69) is 12.2 Å². The number of aliphatic carboxylic acids is 1. The molecule has 0 aliphatic rings. The topological polar surface area (TPSA) is 75.6 Å². The lowest BCUT2D eigenvalue weighted by Crippen LogP contribution is -2.40. The first-order chi connectivity index (χ1) is 6.61. The molecule has 1 atom stereocenters. The van der Waals surface area contributed by atoms with Crippen molar-refractivity contribution in [2.24, 2.45) is 0 Å². The number of amides is 1. The lowest BCUT2D eigenvalue weighted by Gasteiger charge is -2.11. The second-order valence-corrected chi connectivity index (χ2v) is 2.81. The van der Waals surface area contributed by atoms with Crippen molar-refractivity contribution in [3.8, 4) is 0 Å². The highest BCUT2D eigenvalue weighted by Gasteiger charge is 2.17. The van der Waals surface area contributed by atoms with Crippen LogP contribution in [0.2, 0.25) is 0 Å². The number of nitrogens with one attached hydrogen (secondary N) is 1. The fraction of sp³-hybridized carbons (Fsp3) is 0.667. The third kappa shape index (κ3) is 5.40. The van der Waals surface area contributed by atoms with E-state index < -0.39 is 18.1 Å². The minimum absolute atomic E-state index is 0.0954. The molecule has 0 heterocycles. The van der Waals surface area contributed by atoms with Gasteiger partial charge in [-0.3, -0.25) is 0 Å². The molecule has 0 aromatic rings. The van der Waals surface area contributed by atoms with Crippen LogP contribution in [0.4, 0.5) is 4.79 Å². The molecule has 0 spiro atoms. The third-order valence-corrected chi connectivity index (χ3v) is 1.61. The maximum Gasteiger partial charge on any atom is 0.407 e. The summed E-state index contributed by atoms with van der Waals surface area (Å²) in [7, 11) is 0. The van der Waals surface area contributed by atoms with Gasteiger partial charge in [0.1, 0.15) is 6.04 Å². The van der Waals surface area contributed by atoms with Crippen molar-refractivity contribution in [3.05, 3.63) is 6.92 Å². The van der Waals surface area contributed by atoms with Crippen LogP contribution in [-0.4, -0.2) is 29.8 Å². The molecule has 0 aliphatic carbocycles. The number of carbonyl (C=O) groups is 2. The van der Waals surface area contributed by atoms with Gasteiger partial charge in [-0.25, -0.2) is 9.59 Å². The molecule has 5 heteroatoms. The first kappa shape index (κ1) is 12.7. The molecule has 5 nitrogen and oxygen atoms in total. The van der Waals surface area contributed by atoms with Crippen LogP contribution >= 0.6 is 0 Å². The van der Waals surface area contributed by atoms with Gasteiger partial charge in [-0.15, -0.1) is 0 Å². The first-order valence-electron chi connectivity index (χ1n) is 4.57. The Hall–Kier alpha value is -1.26. The van der Waals surface area contributed by atoms with Gasteiger partial charge in [-0.05, 0) is 12.8 Å². The highest BCUT2D eigenvalue weighted by atomic mass is 16.5. The summed E-state index contributed by atoms with van der Waals surface area (Å²) in [5.41, 5.74) is 0. The largest absolute Gasteiger partial charge is 0.480 e. The van der Waals surface area contributed by atoms with Crippen molar-refractivity contribution in [2.75, 3.05) is 6.61 Å². The highest BCUT2D eigenvalue weighted by molar-refractivity contribution is 5.79. The van der Waals surface area contributed by atoms with Gasteiger partial charge in [0, 0.05) is 0 Å². The Balaban J connectivity index is 3.74. The number of hydrogen-bond donors (Lipinski definition) is 2. The Morgan fingerprint density at radius 1 is 1.57 bits per heavy atom. The Kier molecular flexibility index (Phi) is 6.53. The lowest BCUT2D eigenvalue weighted by molar-refractivity contribution is -0.139. The molecule has 0 fully saturated rings. The summed E-state index contributed by atoms with van der Waals surface area (Å²) in [5, 5.41) is 10.8. The maximum atomic E-state index is 11.0. The van der Waals surface area contributed by atoms with Gasteiger partial charge < -0.3 is 15.2 Å². The van der Waals surface area contributed by atoms with Gasteiger partial charge in [-0.1, -0.05) is 20.3 Å². The van der Waals surface area contributed by atoms with Crippen LogP contribution in [0.25, 0.3) is 0 Å².